The van der Waals surface area contributed by atoms with E-state index in [-0.39, 0.29) is 11.9 Å². The molecule has 4 bridgehead atoms. The summed E-state index contributed by atoms with van der Waals surface area (Å²) in [4.78, 5) is 26.3. The van der Waals surface area contributed by atoms with E-state index in [1.165, 1.54) is 11.9 Å². The molecule has 1 atom stereocenters. The monoisotopic (exact) mass is 534 g/mol. The summed E-state index contributed by atoms with van der Waals surface area (Å²) >= 11 is 1.39. The molecule has 0 saturated carbocycles. The molecule has 0 unspecified atom stereocenters. The van der Waals surface area contributed by atoms with Gasteiger partial charge in [-0.1, -0.05) is 38.1 Å². The molecule has 2 aromatic carbocycles. The molecule has 1 aliphatic heterocycles. The van der Waals surface area contributed by atoms with Gasteiger partial charge in [0.2, 0.25) is 11.8 Å². The van der Waals surface area contributed by atoms with Crippen LogP contribution >= 0.6 is 11.9 Å². The predicted molar refractivity (Wildman–Crippen MR) is 154 cm³/mol. The fraction of sp³-hybridized carbons (Fsp3) is 0.433. The number of nitrogens with zero attached hydrogens (tertiary/aromatic N) is 3. The summed E-state index contributed by atoms with van der Waals surface area (Å²) in [7, 11) is 1.71. The number of benzene rings is 2. The zero-order chi connectivity index (χ0) is 27.1. The molecule has 0 spiro atoms. The number of unbranched alkanes of at least 4 members (excludes halogenated alkanes) is 1. The van der Waals surface area contributed by atoms with Gasteiger partial charge in [-0.2, -0.15) is 4.98 Å². The summed E-state index contributed by atoms with van der Waals surface area (Å²) < 4.78 is 14.9. The van der Waals surface area contributed by atoms with Crippen LogP contribution in [0.4, 0.5) is 5.95 Å². The summed E-state index contributed by atoms with van der Waals surface area (Å²) in [5.74, 6) is 1.38. The van der Waals surface area contributed by atoms with Crippen molar-refractivity contribution in [3.8, 4) is 17.1 Å². The number of anilines is 1. The van der Waals surface area contributed by atoms with Gasteiger partial charge in [-0.3, -0.25) is 9.52 Å². The summed E-state index contributed by atoms with van der Waals surface area (Å²) in [5, 5.41) is 0. The van der Waals surface area contributed by atoms with Gasteiger partial charge < -0.3 is 14.4 Å². The topological polar surface area (TPSA) is 76.6 Å². The van der Waals surface area contributed by atoms with Gasteiger partial charge in [0.15, 0.2) is 0 Å². The Morgan fingerprint density at radius 3 is 2.61 bits per heavy atom. The number of ether oxygens (including phenoxy) is 2. The van der Waals surface area contributed by atoms with Crippen molar-refractivity contribution in [2.75, 3.05) is 31.6 Å². The molecule has 2 heterocycles. The summed E-state index contributed by atoms with van der Waals surface area (Å²) in [6, 6.07) is 15.8. The first-order chi connectivity index (χ1) is 18.4. The number of aromatic nitrogens is 2. The van der Waals surface area contributed by atoms with Crippen molar-refractivity contribution in [1.82, 2.24) is 14.9 Å². The zero-order valence-corrected chi connectivity index (χ0v) is 23.8. The molecular weight excluding hydrogens is 496 g/mol. The Morgan fingerprint density at radius 2 is 1.87 bits per heavy atom. The highest BCUT2D eigenvalue weighted by Gasteiger charge is 2.27. The molecule has 1 N–H and O–H groups in total. The number of rotatable bonds is 8. The quantitative estimate of drug-likeness (QED) is 0.259. The molecule has 1 amide bonds. The highest BCUT2D eigenvalue weighted by Crippen LogP contribution is 2.31. The summed E-state index contributed by atoms with van der Waals surface area (Å²) in [6.45, 7) is 10.2. The second-order valence-corrected chi connectivity index (χ2v) is 11.1. The van der Waals surface area contributed by atoms with Crippen LogP contribution in [0, 0.1) is 19.8 Å². The summed E-state index contributed by atoms with van der Waals surface area (Å²) in [5.41, 5.74) is 4.84. The average Bonchev–Trinajstić information content (AvgIpc) is 2.89. The fourth-order valence-corrected chi connectivity index (χ4v) is 5.48. The van der Waals surface area contributed by atoms with E-state index in [9.17, 15) is 4.79 Å². The summed E-state index contributed by atoms with van der Waals surface area (Å²) in [6.07, 6.45) is 2.58. The molecule has 1 aromatic heterocycles. The van der Waals surface area contributed by atoms with Gasteiger partial charge in [0.05, 0.1) is 11.7 Å². The first-order valence-electron chi connectivity index (χ1n) is 13.3. The van der Waals surface area contributed by atoms with Crippen LogP contribution in [0.15, 0.2) is 53.4 Å². The Hall–Kier alpha value is -3.10. The Labute approximate surface area is 230 Å². The molecule has 38 heavy (non-hydrogen) atoms. The van der Waals surface area contributed by atoms with Crippen molar-refractivity contribution in [1.29, 1.82) is 0 Å². The SMILES string of the molecule is COCCCCN1C(=O)c2cccc(c2)SNc2nc(cc(-c3c(C)cccc3C)n2)OC[C@H]1CC(C)C. The maximum atomic E-state index is 13.9. The van der Waals surface area contributed by atoms with Crippen molar-refractivity contribution in [2.45, 2.75) is 57.9 Å². The van der Waals surface area contributed by atoms with Crippen molar-refractivity contribution in [3.63, 3.8) is 0 Å². The van der Waals surface area contributed by atoms with Gasteiger partial charge in [0.25, 0.3) is 5.91 Å². The van der Waals surface area contributed by atoms with Crippen molar-refractivity contribution in [3.05, 3.63) is 65.2 Å². The maximum Gasteiger partial charge on any atom is 0.254 e. The molecule has 202 valence electrons. The minimum atomic E-state index is -0.0999. The normalized spacial score (nSPS) is 15.8. The molecule has 3 aromatic rings. The van der Waals surface area contributed by atoms with E-state index in [2.05, 4.69) is 55.6 Å². The lowest BCUT2D eigenvalue weighted by molar-refractivity contribution is 0.0564. The molecule has 0 radical (unpaired) electrons. The fourth-order valence-electron chi connectivity index (χ4n) is 4.84. The molecule has 0 fully saturated rings. The highest BCUT2D eigenvalue weighted by molar-refractivity contribution is 8.00. The second-order valence-electron chi connectivity index (χ2n) is 10.2. The van der Waals surface area contributed by atoms with E-state index >= 15 is 0 Å². The van der Waals surface area contributed by atoms with Crippen LogP contribution in [0.2, 0.25) is 0 Å². The molecule has 7 nitrogen and oxygen atoms in total. The number of hydrogen-bond acceptors (Lipinski definition) is 7. The van der Waals surface area contributed by atoms with E-state index in [1.807, 2.05) is 35.2 Å². The number of amides is 1. The molecule has 0 aliphatic carbocycles. The standard InChI is InChI=1S/C30H38N4O3S/c1-20(2)16-24-19-37-27-18-26(28-21(3)10-8-11-22(28)4)31-30(32-27)33-38-25-13-9-12-23(17-25)29(35)34(24)14-6-7-15-36-5/h8-13,17-18,20,24H,6-7,14-16,19H2,1-5H3,(H,31,32,33)/t24-/m1/s1. The predicted octanol–water partition coefficient (Wildman–Crippen LogP) is 6.56. The van der Waals surface area contributed by atoms with E-state index < -0.39 is 0 Å². The van der Waals surface area contributed by atoms with E-state index in [0.29, 0.717) is 43.1 Å². The lowest BCUT2D eigenvalue weighted by Gasteiger charge is -2.33. The molecule has 1 aliphatic rings. The Kier molecular flexibility index (Phi) is 9.63. The van der Waals surface area contributed by atoms with Crippen LogP contribution < -0.4 is 9.46 Å². The average molecular weight is 535 g/mol. The Morgan fingerprint density at radius 1 is 1.11 bits per heavy atom. The van der Waals surface area contributed by atoms with Gasteiger partial charge in [-0.15, -0.1) is 0 Å². The number of carbonyl (C=O) groups is 1. The van der Waals surface area contributed by atoms with Crippen LogP contribution in [0.5, 0.6) is 5.88 Å². The van der Waals surface area contributed by atoms with Crippen LogP contribution in [-0.2, 0) is 4.74 Å². The van der Waals surface area contributed by atoms with Gasteiger partial charge >= 0.3 is 0 Å². The van der Waals surface area contributed by atoms with Crippen LogP contribution in [-0.4, -0.2) is 53.7 Å². The molecular formula is C30H38N4O3S. The lowest BCUT2D eigenvalue weighted by Crippen LogP contribution is -2.45. The van der Waals surface area contributed by atoms with Crippen molar-refractivity contribution < 1.29 is 14.3 Å². The third-order valence-corrected chi connectivity index (χ3v) is 7.42. The first kappa shape index (κ1) is 27.9. The number of nitrogens with one attached hydrogen (secondary N) is 1. The number of fused-ring (bicyclic) bond motifs is 4. The molecule has 8 heteroatoms. The van der Waals surface area contributed by atoms with Crippen molar-refractivity contribution in [2.24, 2.45) is 5.92 Å². The lowest BCUT2D eigenvalue weighted by atomic mass is 10.00. The van der Waals surface area contributed by atoms with Crippen LogP contribution in [0.3, 0.4) is 0 Å². The zero-order valence-electron chi connectivity index (χ0n) is 23.0. The Bertz CT molecular complexity index is 1230. The first-order valence-corrected chi connectivity index (χ1v) is 14.1. The maximum absolute atomic E-state index is 13.9. The number of aryl methyl sites for hydroxylation is 2. The highest BCUT2D eigenvalue weighted by atomic mass is 32.2. The van der Waals surface area contributed by atoms with E-state index in [4.69, 9.17) is 14.5 Å². The largest absolute Gasteiger partial charge is 0.475 e. The third-order valence-electron chi connectivity index (χ3n) is 6.65. The minimum absolute atomic E-state index is 0.0207. The van der Waals surface area contributed by atoms with Crippen molar-refractivity contribution >= 4 is 23.8 Å². The third kappa shape index (κ3) is 7.05. The van der Waals surface area contributed by atoms with Gasteiger partial charge in [0.1, 0.15) is 6.61 Å². The van der Waals surface area contributed by atoms with Crippen LogP contribution in [0.1, 0.15) is 54.6 Å². The Balaban J connectivity index is 1.75. The number of hydrogen-bond donors (Lipinski definition) is 1. The van der Waals surface area contributed by atoms with Crippen LogP contribution in [0.25, 0.3) is 11.3 Å². The smallest absolute Gasteiger partial charge is 0.254 e. The van der Waals surface area contributed by atoms with Gasteiger partial charge in [-0.25, -0.2) is 4.98 Å². The van der Waals surface area contributed by atoms with Gasteiger partial charge in [0, 0.05) is 42.4 Å². The molecule has 4 rings (SSSR count). The van der Waals surface area contributed by atoms with E-state index in [0.717, 1.165) is 46.5 Å². The van der Waals surface area contributed by atoms with E-state index in [1.54, 1.807) is 7.11 Å². The second kappa shape index (κ2) is 13.1. The van der Waals surface area contributed by atoms with Gasteiger partial charge in [-0.05, 0) is 80.3 Å². The molecule has 0 saturated heterocycles. The number of methoxy groups -OCH3 is 1. The minimum Gasteiger partial charge on any atom is -0.475 e. The number of carbonyl (C=O) groups excluding carboxylic acids is 1.